The molecule has 2 aromatic rings. The van der Waals surface area contributed by atoms with E-state index >= 15 is 0 Å². The lowest BCUT2D eigenvalue weighted by atomic mass is 10.0. The van der Waals surface area contributed by atoms with Gasteiger partial charge in [0, 0.05) is 18.8 Å². The van der Waals surface area contributed by atoms with E-state index < -0.39 is 28.3 Å². The van der Waals surface area contributed by atoms with E-state index in [1.54, 1.807) is 36.0 Å². The monoisotopic (exact) mass is 520 g/mol. The zero-order valence-electron chi connectivity index (χ0n) is 20.6. The number of ether oxygens (including phenoxy) is 1. The topological polar surface area (TPSA) is 95.9 Å². The van der Waals surface area contributed by atoms with Gasteiger partial charge in [-0.25, -0.2) is 13.2 Å². The average molecular weight is 521 g/mol. The molecule has 3 atom stereocenters. The van der Waals surface area contributed by atoms with Gasteiger partial charge in [0.25, 0.3) is 0 Å². The number of amides is 1. The van der Waals surface area contributed by atoms with Gasteiger partial charge in [-0.1, -0.05) is 61.9 Å². The molecule has 2 N–H and O–H groups in total. The van der Waals surface area contributed by atoms with Crippen molar-refractivity contribution in [2.24, 2.45) is 5.92 Å². The van der Waals surface area contributed by atoms with Gasteiger partial charge >= 0.3 is 6.09 Å². The highest BCUT2D eigenvalue weighted by Crippen LogP contribution is 2.21. The molecule has 1 aliphatic heterocycles. The van der Waals surface area contributed by atoms with Gasteiger partial charge in [-0.05, 0) is 49.1 Å². The number of aliphatic hydroxyl groups excluding tert-OH is 1. The molecule has 2 aromatic carbocycles. The van der Waals surface area contributed by atoms with Crippen LogP contribution in [0, 0.1) is 12.8 Å². The Kier molecular flexibility index (Phi) is 10.0. The first kappa shape index (κ1) is 27.5. The maximum atomic E-state index is 13.4. The summed E-state index contributed by atoms with van der Waals surface area (Å²) in [5, 5.41) is 14.0. The highest BCUT2D eigenvalue weighted by molar-refractivity contribution is 7.99. The summed E-state index contributed by atoms with van der Waals surface area (Å²) in [7, 11) is -3.83. The lowest BCUT2D eigenvalue weighted by molar-refractivity contribution is 0.0769. The van der Waals surface area contributed by atoms with Crippen molar-refractivity contribution in [2.45, 2.75) is 56.8 Å². The van der Waals surface area contributed by atoms with E-state index in [-0.39, 0.29) is 30.0 Å². The summed E-state index contributed by atoms with van der Waals surface area (Å²) in [6, 6.07) is 15.5. The van der Waals surface area contributed by atoms with Gasteiger partial charge in [0.15, 0.2) is 0 Å². The smallest absolute Gasteiger partial charge is 0.407 e. The van der Waals surface area contributed by atoms with Crippen LogP contribution in [0.3, 0.4) is 0 Å². The molecule has 0 saturated carbocycles. The summed E-state index contributed by atoms with van der Waals surface area (Å²) < 4.78 is 33.7. The molecule has 0 radical (unpaired) electrons. The lowest BCUT2D eigenvalue weighted by Crippen LogP contribution is -2.51. The molecule has 0 aliphatic carbocycles. The fourth-order valence-electron chi connectivity index (χ4n) is 3.97. The number of hydrogen-bond acceptors (Lipinski definition) is 6. The van der Waals surface area contributed by atoms with Gasteiger partial charge in [-0.2, -0.15) is 16.1 Å². The van der Waals surface area contributed by atoms with Crippen LogP contribution < -0.4 is 5.32 Å². The zero-order chi connectivity index (χ0) is 25.4. The Bertz CT molecular complexity index is 1040. The first-order chi connectivity index (χ1) is 16.6. The Morgan fingerprint density at radius 3 is 2.43 bits per heavy atom. The van der Waals surface area contributed by atoms with Crippen molar-refractivity contribution in [1.82, 2.24) is 9.62 Å². The summed E-state index contributed by atoms with van der Waals surface area (Å²) in [5.41, 5.74) is 1.88. The zero-order valence-corrected chi connectivity index (χ0v) is 22.2. The number of aryl methyl sites for hydroxylation is 1. The van der Waals surface area contributed by atoms with Gasteiger partial charge in [-0.3, -0.25) is 0 Å². The molecule has 0 bridgehead atoms. The van der Waals surface area contributed by atoms with Gasteiger partial charge < -0.3 is 15.2 Å². The molecule has 192 valence electrons. The number of aliphatic hydroxyl groups is 1. The minimum absolute atomic E-state index is 0.0489. The van der Waals surface area contributed by atoms with E-state index in [9.17, 15) is 18.3 Å². The van der Waals surface area contributed by atoms with Crippen molar-refractivity contribution in [3.63, 3.8) is 0 Å². The number of benzene rings is 2. The van der Waals surface area contributed by atoms with E-state index in [1.165, 1.54) is 4.31 Å². The number of carbonyl (C=O) groups excluding carboxylic acids is 1. The summed E-state index contributed by atoms with van der Waals surface area (Å²) in [6.45, 7) is 5.86. The third-order valence-corrected chi connectivity index (χ3v) is 8.82. The maximum Gasteiger partial charge on any atom is 0.407 e. The van der Waals surface area contributed by atoms with Gasteiger partial charge in [0.2, 0.25) is 10.0 Å². The van der Waals surface area contributed by atoms with Crippen LogP contribution in [0.15, 0.2) is 59.5 Å². The Labute approximate surface area is 213 Å². The molecular weight excluding hydrogens is 484 g/mol. The molecular formula is C26H36N2O5S2. The van der Waals surface area contributed by atoms with Crippen LogP contribution in [-0.2, 0) is 21.2 Å². The molecule has 7 nitrogen and oxygen atoms in total. The maximum absolute atomic E-state index is 13.4. The van der Waals surface area contributed by atoms with Crippen molar-refractivity contribution in [1.29, 1.82) is 0 Å². The van der Waals surface area contributed by atoms with E-state index in [0.29, 0.717) is 6.42 Å². The molecule has 1 heterocycles. The molecule has 1 amide bonds. The van der Waals surface area contributed by atoms with E-state index in [0.717, 1.165) is 29.1 Å². The standard InChI is InChI=1S/C26H36N2O5S2/c1-19(2)16-28(35(31,32)23-11-9-20(3)10-12-23)17-25(29)24(15-21-7-5-4-6-8-21)27-26(30)33-22-13-14-34-18-22/h4-12,19,22,24-25,29H,13-18H2,1-3H3,(H,27,30)/t22-,24-,25+/m0/s1. The lowest BCUT2D eigenvalue weighted by Gasteiger charge is -2.30. The fraction of sp³-hybridized carbons (Fsp3) is 0.500. The Morgan fingerprint density at radius 2 is 1.83 bits per heavy atom. The van der Waals surface area contributed by atoms with Gasteiger partial charge in [-0.15, -0.1) is 0 Å². The predicted octanol–water partition coefficient (Wildman–Crippen LogP) is 3.85. The molecule has 1 aliphatic rings. The number of carbonyl (C=O) groups is 1. The summed E-state index contributed by atoms with van der Waals surface area (Å²) in [5.74, 6) is 1.76. The van der Waals surface area contributed by atoms with Crippen molar-refractivity contribution in [2.75, 3.05) is 24.6 Å². The number of thioether (sulfide) groups is 1. The predicted molar refractivity (Wildman–Crippen MR) is 140 cm³/mol. The van der Waals surface area contributed by atoms with Crippen LogP contribution in [0.25, 0.3) is 0 Å². The van der Waals surface area contributed by atoms with Crippen molar-refractivity contribution in [3.05, 3.63) is 65.7 Å². The highest BCUT2D eigenvalue weighted by atomic mass is 32.2. The average Bonchev–Trinajstić information content (AvgIpc) is 3.31. The Morgan fingerprint density at radius 1 is 1.14 bits per heavy atom. The largest absolute Gasteiger partial charge is 0.445 e. The van der Waals surface area contributed by atoms with Gasteiger partial charge in [0.05, 0.1) is 17.0 Å². The van der Waals surface area contributed by atoms with Crippen molar-refractivity contribution >= 4 is 27.9 Å². The van der Waals surface area contributed by atoms with Crippen LogP contribution in [0.5, 0.6) is 0 Å². The van der Waals surface area contributed by atoms with Crippen molar-refractivity contribution in [3.8, 4) is 0 Å². The quantitative estimate of drug-likeness (QED) is 0.467. The first-order valence-corrected chi connectivity index (χ1v) is 14.6. The third kappa shape index (κ3) is 8.24. The van der Waals surface area contributed by atoms with Crippen LogP contribution in [0.1, 0.15) is 31.4 Å². The highest BCUT2D eigenvalue weighted by Gasteiger charge is 2.32. The van der Waals surface area contributed by atoms with E-state index in [2.05, 4.69) is 5.32 Å². The third-order valence-electron chi connectivity index (χ3n) is 5.85. The molecule has 0 unspecified atom stereocenters. The molecule has 1 fully saturated rings. The number of hydrogen-bond donors (Lipinski definition) is 2. The molecule has 3 rings (SSSR count). The second-order valence-corrected chi connectivity index (χ2v) is 12.5. The summed E-state index contributed by atoms with van der Waals surface area (Å²) >= 11 is 1.74. The Balaban J connectivity index is 1.80. The van der Waals surface area contributed by atoms with E-state index in [4.69, 9.17) is 4.74 Å². The van der Waals surface area contributed by atoms with Gasteiger partial charge in [0.1, 0.15) is 6.10 Å². The minimum Gasteiger partial charge on any atom is -0.445 e. The number of nitrogens with one attached hydrogen (secondary N) is 1. The summed E-state index contributed by atoms with van der Waals surface area (Å²) in [6.07, 6.45) is -0.722. The van der Waals surface area contributed by atoms with Crippen molar-refractivity contribution < 1.29 is 23.1 Å². The SMILES string of the molecule is Cc1ccc(S(=O)(=O)N(CC(C)C)C[C@@H](O)[C@H](Cc2ccccc2)NC(=O)O[C@H]2CCSC2)cc1. The minimum atomic E-state index is -3.83. The van der Waals surface area contributed by atoms with Crippen LogP contribution in [0.2, 0.25) is 0 Å². The molecule has 1 saturated heterocycles. The number of nitrogens with zero attached hydrogens (tertiary/aromatic N) is 1. The second kappa shape index (κ2) is 12.8. The first-order valence-electron chi connectivity index (χ1n) is 12.0. The second-order valence-electron chi connectivity index (χ2n) is 9.43. The molecule has 0 aromatic heterocycles. The molecule has 9 heteroatoms. The molecule has 35 heavy (non-hydrogen) atoms. The van der Waals surface area contributed by atoms with Crippen LogP contribution in [0.4, 0.5) is 4.79 Å². The number of sulfonamides is 1. The summed E-state index contributed by atoms with van der Waals surface area (Å²) in [4.78, 5) is 12.8. The molecule has 0 spiro atoms. The number of alkyl carbamates (subject to hydrolysis) is 1. The Hall–Kier alpha value is -2.07. The number of rotatable bonds is 11. The fourth-order valence-corrected chi connectivity index (χ4v) is 6.68. The van der Waals surface area contributed by atoms with Crippen LogP contribution >= 0.6 is 11.8 Å². The van der Waals surface area contributed by atoms with Crippen LogP contribution in [-0.4, -0.2) is 66.8 Å². The van der Waals surface area contributed by atoms with E-state index in [1.807, 2.05) is 51.1 Å². The normalized spacial score (nSPS) is 17.9.